The molecule has 0 aromatic heterocycles. The van der Waals surface area contributed by atoms with Crippen LogP contribution < -0.4 is 0 Å². The summed E-state index contributed by atoms with van der Waals surface area (Å²) in [6.45, 7) is 13.2. The Morgan fingerprint density at radius 3 is 2.68 bits per heavy atom. The standard InChI is InChI=1S/C21H33NO3/c1-14(13-19(23)25-6)7-9-16-15(2)8-10-17-20(3,4)18(22-24)11-12-21(16,17)5/h13,16-17,24H,2,7-12H2,1,3-6H3/b14-13+,22-18-/t16-,17-,21+/m0/s1. The molecule has 0 amide bonds. The van der Waals surface area contributed by atoms with Gasteiger partial charge < -0.3 is 9.94 Å². The molecule has 3 atom stereocenters. The Kier molecular flexibility index (Phi) is 5.80. The van der Waals surface area contributed by atoms with Crippen molar-refractivity contribution in [3.05, 3.63) is 23.8 Å². The number of nitrogens with zero attached hydrogens (tertiary/aromatic N) is 1. The van der Waals surface area contributed by atoms with E-state index in [0.717, 1.165) is 49.8 Å². The fraction of sp³-hybridized carbons (Fsp3) is 0.714. The molecule has 0 aromatic carbocycles. The van der Waals surface area contributed by atoms with Crippen molar-refractivity contribution in [2.75, 3.05) is 7.11 Å². The number of ether oxygens (including phenoxy) is 1. The normalized spacial score (nSPS) is 33.9. The van der Waals surface area contributed by atoms with E-state index in [2.05, 4.69) is 32.5 Å². The van der Waals surface area contributed by atoms with Crippen molar-refractivity contribution < 1.29 is 14.7 Å². The topological polar surface area (TPSA) is 58.9 Å². The highest BCUT2D eigenvalue weighted by atomic mass is 16.5. The molecule has 2 saturated carbocycles. The van der Waals surface area contributed by atoms with Gasteiger partial charge in [0.15, 0.2) is 0 Å². The number of carbonyl (C=O) groups is 1. The average molecular weight is 347 g/mol. The highest BCUT2D eigenvalue weighted by Crippen LogP contribution is 2.61. The molecular formula is C21H33NO3. The largest absolute Gasteiger partial charge is 0.466 e. The molecular weight excluding hydrogens is 314 g/mol. The Hall–Kier alpha value is -1.58. The third-order valence-corrected chi connectivity index (χ3v) is 6.87. The van der Waals surface area contributed by atoms with E-state index in [1.165, 1.54) is 12.7 Å². The van der Waals surface area contributed by atoms with Crippen molar-refractivity contribution in [3.8, 4) is 0 Å². The molecule has 0 aliphatic heterocycles. The summed E-state index contributed by atoms with van der Waals surface area (Å²) < 4.78 is 4.72. The number of esters is 1. The molecule has 0 radical (unpaired) electrons. The van der Waals surface area contributed by atoms with Crippen LogP contribution in [0.4, 0.5) is 0 Å². The number of methoxy groups -OCH3 is 1. The van der Waals surface area contributed by atoms with Crippen LogP contribution in [-0.2, 0) is 9.53 Å². The molecule has 0 heterocycles. The van der Waals surface area contributed by atoms with Crippen molar-refractivity contribution in [1.29, 1.82) is 0 Å². The van der Waals surface area contributed by atoms with Gasteiger partial charge in [-0.05, 0) is 62.7 Å². The lowest BCUT2D eigenvalue weighted by molar-refractivity contribution is -0.134. The second-order valence-corrected chi connectivity index (χ2v) is 8.63. The van der Waals surface area contributed by atoms with Crippen LogP contribution in [0.3, 0.4) is 0 Å². The number of oxime groups is 1. The van der Waals surface area contributed by atoms with Gasteiger partial charge in [-0.3, -0.25) is 0 Å². The lowest BCUT2D eigenvalue weighted by atomic mass is 9.46. The molecule has 0 aromatic rings. The number of hydrogen-bond donors (Lipinski definition) is 1. The van der Waals surface area contributed by atoms with Gasteiger partial charge in [-0.1, -0.05) is 43.7 Å². The summed E-state index contributed by atoms with van der Waals surface area (Å²) >= 11 is 0. The molecule has 0 unspecified atom stereocenters. The van der Waals surface area contributed by atoms with Crippen LogP contribution in [0.2, 0.25) is 0 Å². The Morgan fingerprint density at radius 2 is 2.08 bits per heavy atom. The second-order valence-electron chi connectivity index (χ2n) is 8.63. The van der Waals surface area contributed by atoms with Gasteiger partial charge in [0.1, 0.15) is 0 Å². The number of fused-ring (bicyclic) bond motifs is 1. The zero-order valence-electron chi connectivity index (χ0n) is 16.4. The van der Waals surface area contributed by atoms with Crippen LogP contribution in [0.15, 0.2) is 29.0 Å². The van der Waals surface area contributed by atoms with E-state index in [1.807, 2.05) is 6.92 Å². The first-order valence-corrected chi connectivity index (χ1v) is 9.31. The maximum atomic E-state index is 11.4. The van der Waals surface area contributed by atoms with Crippen molar-refractivity contribution >= 4 is 11.7 Å². The summed E-state index contributed by atoms with van der Waals surface area (Å²) in [4.78, 5) is 11.4. The summed E-state index contributed by atoms with van der Waals surface area (Å²) in [5, 5.41) is 13.0. The van der Waals surface area contributed by atoms with Gasteiger partial charge in [0.2, 0.25) is 0 Å². The Labute approximate surface area is 152 Å². The molecule has 2 fully saturated rings. The van der Waals surface area contributed by atoms with Crippen molar-refractivity contribution in [2.24, 2.45) is 27.8 Å². The van der Waals surface area contributed by atoms with Gasteiger partial charge in [-0.15, -0.1) is 0 Å². The zero-order chi connectivity index (χ0) is 18.8. The highest BCUT2D eigenvalue weighted by molar-refractivity contribution is 5.90. The molecule has 2 aliphatic rings. The summed E-state index contributed by atoms with van der Waals surface area (Å²) in [6.07, 6.45) is 7.49. The fourth-order valence-electron chi connectivity index (χ4n) is 5.40. The molecule has 0 spiro atoms. The van der Waals surface area contributed by atoms with E-state index in [-0.39, 0.29) is 16.8 Å². The van der Waals surface area contributed by atoms with E-state index in [1.54, 1.807) is 6.08 Å². The first kappa shape index (κ1) is 19.7. The van der Waals surface area contributed by atoms with Crippen LogP contribution in [0.1, 0.15) is 66.2 Å². The Morgan fingerprint density at radius 1 is 1.40 bits per heavy atom. The summed E-state index contributed by atoms with van der Waals surface area (Å²) in [6, 6.07) is 0. The SMILES string of the molecule is C=C1CC[C@H]2C(C)(C)/C(=N\O)CC[C@]2(C)[C@H]1CC/C(C)=C/C(=O)OC. The van der Waals surface area contributed by atoms with Crippen LogP contribution in [0.25, 0.3) is 0 Å². The van der Waals surface area contributed by atoms with Crippen molar-refractivity contribution in [1.82, 2.24) is 0 Å². The maximum Gasteiger partial charge on any atom is 0.330 e. The van der Waals surface area contributed by atoms with Crippen molar-refractivity contribution in [2.45, 2.75) is 66.2 Å². The third kappa shape index (κ3) is 3.68. The third-order valence-electron chi connectivity index (χ3n) is 6.87. The van der Waals surface area contributed by atoms with E-state index in [4.69, 9.17) is 4.74 Å². The van der Waals surface area contributed by atoms with Gasteiger partial charge in [0.25, 0.3) is 0 Å². The molecule has 1 N–H and O–H groups in total. The van der Waals surface area contributed by atoms with Crippen LogP contribution >= 0.6 is 0 Å². The van der Waals surface area contributed by atoms with Crippen LogP contribution in [-0.4, -0.2) is 24.0 Å². The lowest BCUT2D eigenvalue weighted by Gasteiger charge is -2.58. The number of rotatable bonds is 4. The van der Waals surface area contributed by atoms with Gasteiger partial charge in [0.05, 0.1) is 12.8 Å². The van der Waals surface area contributed by atoms with Crippen molar-refractivity contribution in [3.63, 3.8) is 0 Å². The Bertz CT molecular complexity index is 602. The average Bonchev–Trinajstić information content (AvgIpc) is 2.53. The molecule has 140 valence electrons. The van der Waals surface area contributed by atoms with Gasteiger partial charge in [-0.2, -0.15) is 0 Å². The first-order valence-electron chi connectivity index (χ1n) is 9.31. The second kappa shape index (κ2) is 7.35. The molecule has 0 bridgehead atoms. The van der Waals surface area contributed by atoms with Gasteiger partial charge in [0, 0.05) is 11.5 Å². The smallest absolute Gasteiger partial charge is 0.330 e. The molecule has 25 heavy (non-hydrogen) atoms. The molecule has 0 saturated heterocycles. The van der Waals surface area contributed by atoms with E-state index in [9.17, 15) is 10.0 Å². The lowest BCUT2D eigenvalue weighted by Crippen LogP contribution is -2.53. The number of hydrogen-bond acceptors (Lipinski definition) is 4. The monoisotopic (exact) mass is 347 g/mol. The minimum absolute atomic E-state index is 0.0857. The minimum atomic E-state index is -0.286. The number of carbonyl (C=O) groups excluding carboxylic acids is 1. The molecule has 2 aliphatic carbocycles. The molecule has 4 nitrogen and oxygen atoms in total. The van der Waals surface area contributed by atoms with Crippen LogP contribution in [0, 0.1) is 22.7 Å². The van der Waals surface area contributed by atoms with Gasteiger partial charge >= 0.3 is 5.97 Å². The predicted molar refractivity (Wildman–Crippen MR) is 101 cm³/mol. The first-order chi connectivity index (χ1) is 11.7. The summed E-state index contributed by atoms with van der Waals surface area (Å²) in [7, 11) is 1.41. The fourth-order valence-corrected chi connectivity index (χ4v) is 5.40. The highest BCUT2D eigenvalue weighted by Gasteiger charge is 2.55. The quantitative estimate of drug-likeness (QED) is 0.252. The summed E-state index contributed by atoms with van der Waals surface area (Å²) in [5.41, 5.74) is 3.40. The molecule has 4 heteroatoms. The van der Waals surface area contributed by atoms with E-state index in [0.29, 0.717) is 11.8 Å². The summed E-state index contributed by atoms with van der Waals surface area (Å²) in [5.74, 6) is 0.637. The number of allylic oxidation sites excluding steroid dienone is 2. The van der Waals surface area contributed by atoms with E-state index < -0.39 is 0 Å². The van der Waals surface area contributed by atoms with E-state index >= 15 is 0 Å². The Balaban J connectivity index is 2.22. The minimum Gasteiger partial charge on any atom is -0.466 e. The van der Waals surface area contributed by atoms with Gasteiger partial charge in [-0.25, -0.2) is 4.79 Å². The maximum absolute atomic E-state index is 11.4. The molecule has 2 rings (SSSR count). The zero-order valence-corrected chi connectivity index (χ0v) is 16.4. The van der Waals surface area contributed by atoms with Crippen LogP contribution in [0.5, 0.6) is 0 Å². The predicted octanol–water partition coefficient (Wildman–Crippen LogP) is 5.12.